The van der Waals surface area contributed by atoms with Gasteiger partial charge in [-0.3, -0.25) is 4.79 Å². The van der Waals surface area contributed by atoms with E-state index in [1.165, 1.54) is 28.6 Å². The molecule has 1 aromatic rings. The highest BCUT2D eigenvalue weighted by Crippen LogP contribution is 2.36. The number of carbonyl (C=O) groups excluding carboxylic acids is 1. The first-order chi connectivity index (χ1) is 11.9. The maximum atomic E-state index is 12.5. The fourth-order valence-electron chi connectivity index (χ4n) is 3.38. The van der Waals surface area contributed by atoms with Crippen LogP contribution in [0.2, 0.25) is 0 Å². The minimum absolute atomic E-state index is 0.0777. The van der Waals surface area contributed by atoms with Crippen LogP contribution < -0.4 is 5.32 Å². The lowest BCUT2D eigenvalue weighted by Gasteiger charge is -2.26. The van der Waals surface area contributed by atoms with E-state index in [0.29, 0.717) is 25.2 Å². The number of carbonyl (C=O) groups is 1. The first kappa shape index (κ1) is 19.9. The monoisotopic (exact) mass is 368 g/mol. The molecule has 0 saturated heterocycles. The lowest BCUT2D eigenvalue weighted by atomic mass is 9.87. The van der Waals surface area contributed by atoms with Crippen LogP contribution in [0.25, 0.3) is 0 Å². The summed E-state index contributed by atoms with van der Waals surface area (Å²) in [5.41, 5.74) is 0.214. The average molecular weight is 368 g/mol. The summed E-state index contributed by atoms with van der Waals surface area (Å²) in [7, 11) is -3.51. The van der Waals surface area contributed by atoms with Crippen molar-refractivity contribution in [2.45, 2.75) is 44.4 Å². The van der Waals surface area contributed by atoms with Gasteiger partial charge in [0.15, 0.2) is 0 Å². The molecule has 0 aliphatic heterocycles. The molecule has 0 spiro atoms. The van der Waals surface area contributed by atoms with E-state index < -0.39 is 10.0 Å². The van der Waals surface area contributed by atoms with Crippen LogP contribution in [0.15, 0.2) is 29.2 Å². The lowest BCUT2D eigenvalue weighted by Crippen LogP contribution is -2.38. The van der Waals surface area contributed by atoms with Crippen molar-refractivity contribution in [1.82, 2.24) is 9.62 Å². The molecule has 0 aromatic heterocycles. The van der Waals surface area contributed by atoms with E-state index in [-0.39, 0.29) is 22.8 Å². The summed E-state index contributed by atoms with van der Waals surface area (Å²) >= 11 is 0. The molecule has 0 atom stereocenters. The highest BCUT2D eigenvalue weighted by Gasteiger charge is 2.33. The Morgan fingerprint density at radius 1 is 1.16 bits per heavy atom. The normalized spacial score (nSPS) is 17.0. The molecule has 1 saturated carbocycles. The van der Waals surface area contributed by atoms with Gasteiger partial charge in [0.25, 0.3) is 5.91 Å². The SMILES string of the molecule is CCN(CC)S(=O)(=O)c1ccc(C(=O)NCC2(CO)CCCC2)cc1. The summed E-state index contributed by atoms with van der Waals surface area (Å²) < 4.78 is 26.3. The van der Waals surface area contributed by atoms with Gasteiger partial charge in [0.2, 0.25) is 10.0 Å². The molecule has 7 heteroatoms. The van der Waals surface area contributed by atoms with Gasteiger partial charge in [0.05, 0.1) is 11.5 Å². The van der Waals surface area contributed by atoms with Gasteiger partial charge in [-0.15, -0.1) is 0 Å². The second-order valence-corrected chi connectivity index (χ2v) is 8.60. The van der Waals surface area contributed by atoms with Gasteiger partial charge in [-0.2, -0.15) is 4.31 Å². The number of aliphatic hydroxyl groups excluding tert-OH is 1. The molecular formula is C18H28N2O4S. The number of rotatable bonds is 8. The minimum atomic E-state index is -3.51. The molecule has 1 fully saturated rings. The van der Waals surface area contributed by atoms with Crippen LogP contribution in [-0.4, -0.2) is 50.0 Å². The van der Waals surface area contributed by atoms with E-state index >= 15 is 0 Å². The van der Waals surface area contributed by atoms with E-state index in [4.69, 9.17) is 0 Å². The van der Waals surface area contributed by atoms with E-state index in [1.807, 2.05) is 0 Å². The Labute approximate surface area is 150 Å². The molecule has 6 nitrogen and oxygen atoms in total. The number of sulfonamides is 1. The van der Waals surface area contributed by atoms with Crippen LogP contribution in [0.3, 0.4) is 0 Å². The third kappa shape index (κ3) is 4.40. The molecule has 25 heavy (non-hydrogen) atoms. The van der Waals surface area contributed by atoms with Crippen molar-refractivity contribution >= 4 is 15.9 Å². The number of hydrogen-bond acceptors (Lipinski definition) is 4. The molecule has 0 bridgehead atoms. The molecule has 0 radical (unpaired) electrons. The first-order valence-corrected chi connectivity index (χ1v) is 10.3. The van der Waals surface area contributed by atoms with Crippen LogP contribution in [0.5, 0.6) is 0 Å². The second kappa shape index (κ2) is 8.29. The third-order valence-electron chi connectivity index (χ3n) is 5.08. The lowest BCUT2D eigenvalue weighted by molar-refractivity contribution is 0.0880. The Balaban J connectivity index is 2.05. The van der Waals surface area contributed by atoms with E-state index in [0.717, 1.165) is 25.7 Å². The van der Waals surface area contributed by atoms with Gasteiger partial charge in [-0.25, -0.2) is 8.42 Å². The van der Waals surface area contributed by atoms with Gasteiger partial charge in [0, 0.05) is 30.6 Å². The standard InChI is InChI=1S/C18H28N2O4S/c1-3-20(4-2)25(23,24)16-9-7-15(8-10-16)17(22)19-13-18(14-21)11-5-6-12-18/h7-10,21H,3-6,11-14H2,1-2H3,(H,19,22). The molecule has 1 amide bonds. The molecule has 0 heterocycles. The molecule has 1 aliphatic rings. The summed E-state index contributed by atoms with van der Waals surface area (Å²) in [5.74, 6) is -0.244. The summed E-state index contributed by atoms with van der Waals surface area (Å²) in [6, 6.07) is 6.01. The van der Waals surface area contributed by atoms with Gasteiger partial charge in [-0.05, 0) is 37.1 Å². The van der Waals surface area contributed by atoms with Crippen LogP contribution in [0.4, 0.5) is 0 Å². The molecule has 0 unspecified atom stereocenters. The van der Waals surface area contributed by atoms with Crippen LogP contribution in [0, 0.1) is 5.41 Å². The number of benzene rings is 1. The minimum Gasteiger partial charge on any atom is -0.396 e. The molecular weight excluding hydrogens is 340 g/mol. The van der Waals surface area contributed by atoms with Crippen LogP contribution in [-0.2, 0) is 10.0 Å². The number of nitrogens with one attached hydrogen (secondary N) is 1. The predicted molar refractivity (Wildman–Crippen MR) is 96.9 cm³/mol. The van der Waals surface area contributed by atoms with Crippen molar-refractivity contribution in [1.29, 1.82) is 0 Å². The Bertz CT molecular complexity index is 676. The number of amides is 1. The Morgan fingerprint density at radius 2 is 1.72 bits per heavy atom. The van der Waals surface area contributed by atoms with Crippen molar-refractivity contribution in [3.8, 4) is 0 Å². The Morgan fingerprint density at radius 3 is 2.20 bits per heavy atom. The van der Waals surface area contributed by atoms with Crippen molar-refractivity contribution in [3.63, 3.8) is 0 Å². The topological polar surface area (TPSA) is 86.7 Å². The van der Waals surface area contributed by atoms with Crippen LogP contribution in [0.1, 0.15) is 49.9 Å². The zero-order valence-corrected chi connectivity index (χ0v) is 15.8. The Hall–Kier alpha value is -1.44. The van der Waals surface area contributed by atoms with Crippen molar-refractivity contribution in [2.75, 3.05) is 26.2 Å². The smallest absolute Gasteiger partial charge is 0.251 e. The van der Waals surface area contributed by atoms with Gasteiger partial charge in [-0.1, -0.05) is 26.7 Å². The summed E-state index contributed by atoms with van der Waals surface area (Å²) in [4.78, 5) is 12.5. The number of aliphatic hydroxyl groups is 1. The van der Waals surface area contributed by atoms with Crippen LogP contribution >= 0.6 is 0 Å². The second-order valence-electron chi connectivity index (χ2n) is 6.66. The zero-order valence-electron chi connectivity index (χ0n) is 15.0. The zero-order chi connectivity index (χ0) is 18.5. The largest absolute Gasteiger partial charge is 0.396 e. The molecule has 1 aliphatic carbocycles. The average Bonchev–Trinajstić information content (AvgIpc) is 3.10. The fourth-order valence-corrected chi connectivity index (χ4v) is 4.83. The van der Waals surface area contributed by atoms with Gasteiger partial charge in [0.1, 0.15) is 0 Å². The van der Waals surface area contributed by atoms with Crippen molar-refractivity contribution < 1.29 is 18.3 Å². The summed E-state index contributed by atoms with van der Waals surface area (Å²) in [6.07, 6.45) is 4.00. The van der Waals surface area contributed by atoms with E-state index in [2.05, 4.69) is 5.32 Å². The molecule has 2 rings (SSSR count). The summed E-state index contributed by atoms with van der Waals surface area (Å²) in [6.45, 7) is 4.93. The van der Waals surface area contributed by atoms with Crippen molar-refractivity contribution in [2.24, 2.45) is 5.41 Å². The summed E-state index contributed by atoms with van der Waals surface area (Å²) in [5, 5.41) is 12.5. The van der Waals surface area contributed by atoms with Gasteiger partial charge < -0.3 is 10.4 Å². The van der Waals surface area contributed by atoms with E-state index in [1.54, 1.807) is 13.8 Å². The Kier molecular flexibility index (Phi) is 6.59. The fraction of sp³-hybridized carbons (Fsp3) is 0.611. The maximum absolute atomic E-state index is 12.5. The maximum Gasteiger partial charge on any atom is 0.251 e. The highest BCUT2D eigenvalue weighted by molar-refractivity contribution is 7.89. The molecule has 1 aromatic carbocycles. The number of nitrogens with zero attached hydrogens (tertiary/aromatic N) is 1. The first-order valence-electron chi connectivity index (χ1n) is 8.88. The van der Waals surface area contributed by atoms with Crippen molar-refractivity contribution in [3.05, 3.63) is 29.8 Å². The third-order valence-corrected chi connectivity index (χ3v) is 7.15. The molecule has 2 N–H and O–H groups in total. The predicted octanol–water partition coefficient (Wildman–Crippen LogP) is 2.00. The molecule has 140 valence electrons. The highest BCUT2D eigenvalue weighted by atomic mass is 32.2. The quantitative estimate of drug-likeness (QED) is 0.735. The number of hydrogen-bond donors (Lipinski definition) is 2. The van der Waals surface area contributed by atoms with E-state index in [9.17, 15) is 18.3 Å². The van der Waals surface area contributed by atoms with Gasteiger partial charge >= 0.3 is 0 Å².